The molecule has 0 aliphatic rings. The largest absolute Gasteiger partial charge is 0.573 e. The van der Waals surface area contributed by atoms with Crippen molar-refractivity contribution in [2.24, 2.45) is 10.7 Å². The van der Waals surface area contributed by atoms with Crippen LogP contribution in [0.4, 0.5) is 13.2 Å². The van der Waals surface area contributed by atoms with Crippen LogP contribution in [0.2, 0.25) is 0 Å². The van der Waals surface area contributed by atoms with E-state index in [4.69, 9.17) is 10.5 Å². The summed E-state index contributed by atoms with van der Waals surface area (Å²) in [6, 6.07) is 12.9. The van der Waals surface area contributed by atoms with Gasteiger partial charge in [-0.1, -0.05) is 12.1 Å². The van der Waals surface area contributed by atoms with Crippen LogP contribution in [0.1, 0.15) is 11.1 Å². The fraction of sp³-hybridized carbons (Fsp3) is 0.235. The molecular weight excluding hydrogens is 321 g/mol. The second kappa shape index (κ2) is 7.72. The third-order valence-electron chi connectivity index (χ3n) is 3.23. The van der Waals surface area contributed by atoms with Gasteiger partial charge in [-0.25, -0.2) is 0 Å². The number of methoxy groups -OCH3 is 1. The van der Waals surface area contributed by atoms with Gasteiger partial charge in [-0.2, -0.15) is 0 Å². The molecule has 0 aromatic heterocycles. The highest BCUT2D eigenvalue weighted by atomic mass is 19.4. The highest BCUT2D eigenvalue weighted by Crippen LogP contribution is 2.22. The third kappa shape index (κ3) is 5.49. The van der Waals surface area contributed by atoms with E-state index in [1.807, 2.05) is 24.3 Å². The molecule has 2 N–H and O–H groups in total. The van der Waals surface area contributed by atoms with Crippen molar-refractivity contribution in [3.8, 4) is 11.5 Å². The van der Waals surface area contributed by atoms with Crippen molar-refractivity contribution in [3.63, 3.8) is 0 Å². The highest BCUT2D eigenvalue weighted by molar-refractivity contribution is 5.97. The lowest BCUT2D eigenvalue weighted by molar-refractivity contribution is -0.274. The summed E-state index contributed by atoms with van der Waals surface area (Å²) in [5.74, 6) is 0.752. The Bertz CT molecular complexity index is 680. The number of halogens is 3. The lowest BCUT2D eigenvalue weighted by Gasteiger charge is -2.09. The van der Waals surface area contributed by atoms with Crippen molar-refractivity contribution in [1.82, 2.24) is 0 Å². The van der Waals surface area contributed by atoms with E-state index in [2.05, 4.69) is 9.73 Å². The molecule has 0 aliphatic heterocycles. The number of benzene rings is 2. The van der Waals surface area contributed by atoms with Crippen LogP contribution >= 0.6 is 0 Å². The Labute approximate surface area is 137 Å². The molecule has 2 rings (SSSR count). The Balaban J connectivity index is 1.92. The Morgan fingerprint density at radius 3 is 2.12 bits per heavy atom. The van der Waals surface area contributed by atoms with Gasteiger partial charge in [-0.3, -0.25) is 4.99 Å². The highest BCUT2D eigenvalue weighted by Gasteiger charge is 2.30. The molecule has 0 unspecified atom stereocenters. The normalized spacial score (nSPS) is 12.1. The summed E-state index contributed by atoms with van der Waals surface area (Å²) < 4.78 is 45.2. The average Bonchev–Trinajstić information content (AvgIpc) is 2.54. The Morgan fingerprint density at radius 2 is 1.58 bits per heavy atom. The number of hydrogen-bond acceptors (Lipinski definition) is 3. The maximum Gasteiger partial charge on any atom is 0.573 e. The minimum absolute atomic E-state index is 0.266. The van der Waals surface area contributed by atoms with Gasteiger partial charge in [0.25, 0.3) is 0 Å². The summed E-state index contributed by atoms with van der Waals surface area (Å²) in [6.45, 7) is 0.471. The number of nitrogens with zero attached hydrogens (tertiary/aromatic N) is 1. The molecule has 0 spiro atoms. The number of aliphatic imine (C=N–C) groups is 1. The fourth-order valence-corrected chi connectivity index (χ4v) is 2.02. The Hall–Kier alpha value is -2.70. The number of ether oxygens (including phenoxy) is 2. The molecule has 0 bridgehead atoms. The summed E-state index contributed by atoms with van der Waals surface area (Å²) in [5.41, 5.74) is 7.47. The first-order valence-corrected chi connectivity index (χ1v) is 7.16. The van der Waals surface area contributed by atoms with Gasteiger partial charge in [-0.15, -0.1) is 13.2 Å². The predicted molar refractivity (Wildman–Crippen MR) is 85.4 cm³/mol. The summed E-state index contributed by atoms with van der Waals surface area (Å²) in [6.07, 6.45) is -4.01. The van der Waals surface area contributed by atoms with Gasteiger partial charge >= 0.3 is 6.36 Å². The molecule has 0 amide bonds. The quantitative estimate of drug-likeness (QED) is 0.647. The van der Waals surface area contributed by atoms with Gasteiger partial charge in [0.15, 0.2) is 0 Å². The van der Waals surface area contributed by atoms with Crippen LogP contribution in [0.25, 0.3) is 0 Å². The van der Waals surface area contributed by atoms with Crippen LogP contribution in [0.5, 0.6) is 11.5 Å². The molecule has 128 valence electrons. The molecule has 0 heterocycles. The molecule has 0 atom stereocenters. The monoisotopic (exact) mass is 338 g/mol. The van der Waals surface area contributed by atoms with Gasteiger partial charge < -0.3 is 15.2 Å². The van der Waals surface area contributed by atoms with Crippen molar-refractivity contribution < 1.29 is 22.6 Å². The van der Waals surface area contributed by atoms with Gasteiger partial charge in [0.05, 0.1) is 7.11 Å². The fourth-order valence-electron chi connectivity index (χ4n) is 2.02. The topological polar surface area (TPSA) is 56.8 Å². The molecule has 0 radical (unpaired) electrons. The lowest BCUT2D eigenvalue weighted by atomic mass is 10.1. The summed E-state index contributed by atoms with van der Waals surface area (Å²) in [7, 11) is 1.60. The van der Waals surface area contributed by atoms with Crippen LogP contribution < -0.4 is 15.2 Å². The number of nitrogens with two attached hydrogens (primary N) is 1. The van der Waals surface area contributed by atoms with Crippen molar-refractivity contribution in [3.05, 3.63) is 59.7 Å². The number of rotatable bonds is 6. The SMILES string of the molecule is COc1ccc(CCN=C(N)c2ccc(OC(F)(F)F)cc2)cc1. The molecule has 4 nitrogen and oxygen atoms in total. The molecule has 7 heteroatoms. The van der Waals surface area contributed by atoms with E-state index in [-0.39, 0.29) is 11.6 Å². The van der Waals surface area contributed by atoms with E-state index in [1.165, 1.54) is 24.3 Å². The number of amidine groups is 1. The second-order valence-electron chi connectivity index (χ2n) is 4.94. The minimum atomic E-state index is -4.71. The molecule has 0 saturated carbocycles. The van der Waals surface area contributed by atoms with Crippen molar-refractivity contribution >= 4 is 5.84 Å². The summed E-state index contributed by atoms with van der Waals surface area (Å²) >= 11 is 0. The van der Waals surface area contributed by atoms with Crippen LogP contribution in [0, 0.1) is 0 Å². The lowest BCUT2D eigenvalue weighted by Crippen LogP contribution is -2.18. The van der Waals surface area contributed by atoms with Gasteiger partial charge in [-0.05, 0) is 48.4 Å². The van der Waals surface area contributed by atoms with E-state index in [1.54, 1.807) is 7.11 Å². The van der Waals surface area contributed by atoms with E-state index in [0.717, 1.165) is 11.3 Å². The molecule has 24 heavy (non-hydrogen) atoms. The Morgan fingerprint density at radius 1 is 1.00 bits per heavy atom. The zero-order valence-electron chi connectivity index (χ0n) is 13.0. The first kappa shape index (κ1) is 17.7. The maximum absolute atomic E-state index is 12.1. The van der Waals surface area contributed by atoms with E-state index >= 15 is 0 Å². The first-order valence-electron chi connectivity index (χ1n) is 7.16. The molecule has 2 aromatic rings. The van der Waals surface area contributed by atoms with Crippen molar-refractivity contribution in [2.75, 3.05) is 13.7 Å². The Kier molecular flexibility index (Phi) is 5.68. The summed E-state index contributed by atoms with van der Waals surface area (Å²) in [4.78, 5) is 4.24. The van der Waals surface area contributed by atoms with E-state index in [0.29, 0.717) is 18.5 Å². The van der Waals surface area contributed by atoms with Crippen LogP contribution in [-0.2, 0) is 6.42 Å². The summed E-state index contributed by atoms with van der Waals surface area (Å²) in [5, 5.41) is 0. The zero-order chi connectivity index (χ0) is 17.6. The molecule has 0 saturated heterocycles. The first-order chi connectivity index (χ1) is 11.4. The van der Waals surface area contributed by atoms with Crippen molar-refractivity contribution in [2.45, 2.75) is 12.8 Å². The standard InChI is InChI=1S/C17H17F3N2O2/c1-23-14-6-2-12(3-7-14)10-11-22-16(21)13-4-8-15(9-5-13)24-17(18,19)20/h2-9H,10-11H2,1H3,(H2,21,22). The molecule has 2 aromatic carbocycles. The van der Waals surface area contributed by atoms with Gasteiger partial charge in [0.1, 0.15) is 17.3 Å². The van der Waals surface area contributed by atoms with E-state index in [9.17, 15) is 13.2 Å². The predicted octanol–water partition coefficient (Wildman–Crippen LogP) is 3.54. The smallest absolute Gasteiger partial charge is 0.497 e. The van der Waals surface area contributed by atoms with Crippen LogP contribution in [0.3, 0.4) is 0 Å². The second-order valence-corrected chi connectivity index (χ2v) is 4.94. The molecule has 0 aliphatic carbocycles. The number of hydrogen-bond donors (Lipinski definition) is 1. The maximum atomic E-state index is 12.1. The van der Waals surface area contributed by atoms with Crippen LogP contribution in [0.15, 0.2) is 53.5 Å². The zero-order valence-corrected chi connectivity index (χ0v) is 13.0. The molecule has 0 fully saturated rings. The van der Waals surface area contributed by atoms with Gasteiger partial charge in [0.2, 0.25) is 0 Å². The van der Waals surface area contributed by atoms with Gasteiger partial charge in [0, 0.05) is 12.1 Å². The molecular formula is C17H17F3N2O2. The number of alkyl halides is 3. The van der Waals surface area contributed by atoms with E-state index < -0.39 is 6.36 Å². The third-order valence-corrected chi connectivity index (χ3v) is 3.23. The minimum Gasteiger partial charge on any atom is -0.497 e. The average molecular weight is 338 g/mol. The van der Waals surface area contributed by atoms with Crippen LogP contribution in [-0.4, -0.2) is 25.9 Å². The van der Waals surface area contributed by atoms with Crippen molar-refractivity contribution in [1.29, 1.82) is 0 Å².